The molecule has 0 spiro atoms. The minimum absolute atomic E-state index is 0.148. The highest BCUT2D eigenvalue weighted by Crippen LogP contribution is 2.25. The SMILES string of the molecule is O=C(COc1ccccc1CO)Nc1ccc(Cl)c(Cl)c1. The van der Waals surface area contributed by atoms with Crippen LogP contribution < -0.4 is 10.1 Å². The predicted molar refractivity (Wildman–Crippen MR) is 83.0 cm³/mol. The molecule has 21 heavy (non-hydrogen) atoms. The monoisotopic (exact) mass is 325 g/mol. The van der Waals surface area contributed by atoms with Gasteiger partial charge in [0.25, 0.3) is 5.91 Å². The number of aliphatic hydroxyl groups is 1. The molecule has 1 amide bonds. The average Bonchev–Trinajstić information content (AvgIpc) is 2.49. The van der Waals surface area contributed by atoms with Crippen LogP contribution >= 0.6 is 23.2 Å². The highest BCUT2D eigenvalue weighted by atomic mass is 35.5. The van der Waals surface area contributed by atoms with Crippen LogP contribution in [-0.2, 0) is 11.4 Å². The number of anilines is 1. The van der Waals surface area contributed by atoms with E-state index in [1.807, 2.05) is 0 Å². The van der Waals surface area contributed by atoms with Crippen LogP contribution in [-0.4, -0.2) is 17.6 Å². The second-order valence-corrected chi connectivity index (χ2v) is 5.05. The Kier molecular flexibility index (Phi) is 5.44. The second kappa shape index (κ2) is 7.31. The smallest absolute Gasteiger partial charge is 0.262 e. The molecule has 0 aliphatic heterocycles. The van der Waals surface area contributed by atoms with E-state index in [-0.39, 0.29) is 19.1 Å². The molecule has 4 nitrogen and oxygen atoms in total. The number of carbonyl (C=O) groups is 1. The average molecular weight is 326 g/mol. The summed E-state index contributed by atoms with van der Waals surface area (Å²) in [6.45, 7) is -0.318. The molecule has 2 N–H and O–H groups in total. The number of hydrogen-bond acceptors (Lipinski definition) is 3. The van der Waals surface area contributed by atoms with Gasteiger partial charge in [0, 0.05) is 11.3 Å². The predicted octanol–water partition coefficient (Wildman–Crippen LogP) is 3.50. The lowest BCUT2D eigenvalue weighted by atomic mass is 10.2. The largest absolute Gasteiger partial charge is 0.483 e. The molecule has 0 fully saturated rings. The summed E-state index contributed by atoms with van der Waals surface area (Å²) in [7, 11) is 0. The molecule has 0 aromatic heterocycles. The van der Waals surface area contributed by atoms with Gasteiger partial charge in [-0.3, -0.25) is 4.79 Å². The molecule has 0 bridgehead atoms. The van der Waals surface area contributed by atoms with Crippen LogP contribution in [0.1, 0.15) is 5.56 Å². The first-order valence-corrected chi connectivity index (χ1v) is 6.92. The zero-order valence-corrected chi connectivity index (χ0v) is 12.5. The maximum Gasteiger partial charge on any atom is 0.262 e. The fourth-order valence-electron chi connectivity index (χ4n) is 1.69. The molecule has 0 atom stereocenters. The van der Waals surface area contributed by atoms with E-state index in [1.54, 1.807) is 42.5 Å². The number of carbonyl (C=O) groups excluding carboxylic acids is 1. The minimum Gasteiger partial charge on any atom is -0.483 e. The molecule has 0 saturated heterocycles. The molecule has 0 unspecified atom stereocenters. The van der Waals surface area contributed by atoms with Crippen LogP contribution in [0.3, 0.4) is 0 Å². The lowest BCUT2D eigenvalue weighted by Crippen LogP contribution is -2.20. The molecule has 2 aromatic carbocycles. The molecular formula is C15H13Cl2NO3. The molecule has 0 heterocycles. The van der Waals surface area contributed by atoms with Crippen molar-refractivity contribution in [2.45, 2.75) is 6.61 Å². The summed E-state index contributed by atoms with van der Waals surface area (Å²) in [4.78, 5) is 11.8. The lowest BCUT2D eigenvalue weighted by Gasteiger charge is -2.10. The number of aliphatic hydroxyl groups excluding tert-OH is 1. The third-order valence-electron chi connectivity index (χ3n) is 2.71. The van der Waals surface area contributed by atoms with Gasteiger partial charge in [0.05, 0.1) is 16.7 Å². The van der Waals surface area contributed by atoms with Gasteiger partial charge in [-0.2, -0.15) is 0 Å². The van der Waals surface area contributed by atoms with E-state index in [1.165, 1.54) is 0 Å². The van der Waals surface area contributed by atoms with Gasteiger partial charge in [0.15, 0.2) is 6.61 Å². The first-order chi connectivity index (χ1) is 10.1. The van der Waals surface area contributed by atoms with Gasteiger partial charge >= 0.3 is 0 Å². The van der Waals surface area contributed by atoms with Crippen molar-refractivity contribution in [1.82, 2.24) is 0 Å². The molecule has 2 aromatic rings. The van der Waals surface area contributed by atoms with E-state index in [0.717, 1.165) is 0 Å². The lowest BCUT2D eigenvalue weighted by molar-refractivity contribution is -0.118. The number of rotatable bonds is 5. The van der Waals surface area contributed by atoms with E-state index in [9.17, 15) is 4.79 Å². The van der Waals surface area contributed by atoms with Crippen LogP contribution in [0.4, 0.5) is 5.69 Å². The summed E-state index contributed by atoms with van der Waals surface area (Å²) in [5.41, 5.74) is 1.16. The van der Waals surface area contributed by atoms with Crippen molar-refractivity contribution in [2.75, 3.05) is 11.9 Å². The van der Waals surface area contributed by atoms with E-state index in [2.05, 4.69) is 5.32 Å². The van der Waals surface area contributed by atoms with E-state index in [0.29, 0.717) is 27.0 Å². The summed E-state index contributed by atoms with van der Waals surface area (Å²) < 4.78 is 5.38. The van der Waals surface area contributed by atoms with Crippen LogP contribution in [0.25, 0.3) is 0 Å². The molecule has 0 aliphatic rings. The van der Waals surface area contributed by atoms with Gasteiger partial charge in [-0.1, -0.05) is 41.4 Å². The molecule has 0 aliphatic carbocycles. The zero-order valence-electron chi connectivity index (χ0n) is 11.0. The van der Waals surface area contributed by atoms with Crippen LogP contribution in [0.15, 0.2) is 42.5 Å². The molecule has 0 saturated carbocycles. The summed E-state index contributed by atoms with van der Waals surface area (Å²) in [6, 6.07) is 11.8. The number of benzene rings is 2. The molecule has 0 radical (unpaired) electrons. The Morgan fingerprint density at radius 1 is 1.14 bits per heavy atom. The van der Waals surface area contributed by atoms with Crippen molar-refractivity contribution in [3.8, 4) is 5.75 Å². The Bertz CT molecular complexity index is 647. The van der Waals surface area contributed by atoms with Gasteiger partial charge in [-0.25, -0.2) is 0 Å². The maximum atomic E-state index is 11.8. The van der Waals surface area contributed by atoms with Gasteiger partial charge in [0.2, 0.25) is 0 Å². The van der Waals surface area contributed by atoms with Crippen LogP contribution in [0, 0.1) is 0 Å². The van der Waals surface area contributed by atoms with Crippen LogP contribution in [0.2, 0.25) is 10.0 Å². The van der Waals surface area contributed by atoms with E-state index in [4.69, 9.17) is 33.0 Å². The Morgan fingerprint density at radius 3 is 2.62 bits per heavy atom. The number of hydrogen-bond donors (Lipinski definition) is 2. The maximum absolute atomic E-state index is 11.8. The van der Waals surface area contributed by atoms with Crippen molar-refractivity contribution in [2.24, 2.45) is 0 Å². The summed E-state index contributed by atoms with van der Waals surface area (Å²) in [5, 5.41) is 12.6. The number of amides is 1. The van der Waals surface area contributed by atoms with Gasteiger partial charge < -0.3 is 15.2 Å². The number of halogens is 2. The number of nitrogens with one attached hydrogen (secondary N) is 1. The topological polar surface area (TPSA) is 58.6 Å². The Labute approximate surface area is 132 Å². The van der Waals surface area contributed by atoms with Crippen molar-refractivity contribution < 1.29 is 14.6 Å². The number of para-hydroxylation sites is 1. The van der Waals surface area contributed by atoms with Crippen molar-refractivity contribution in [3.63, 3.8) is 0 Å². The molecule has 6 heteroatoms. The molecule has 2 rings (SSSR count). The van der Waals surface area contributed by atoms with Crippen molar-refractivity contribution in [3.05, 3.63) is 58.1 Å². The molecular weight excluding hydrogens is 313 g/mol. The highest BCUT2D eigenvalue weighted by molar-refractivity contribution is 6.42. The van der Waals surface area contributed by atoms with Gasteiger partial charge in [-0.05, 0) is 24.3 Å². The summed E-state index contributed by atoms with van der Waals surface area (Å²) in [6.07, 6.45) is 0. The Hall–Kier alpha value is -1.75. The standard InChI is InChI=1S/C15H13Cl2NO3/c16-12-6-5-11(7-13(12)17)18-15(20)9-21-14-4-2-1-3-10(14)8-19/h1-7,19H,8-9H2,(H,18,20). The van der Waals surface area contributed by atoms with Crippen molar-refractivity contribution >= 4 is 34.8 Å². The quantitative estimate of drug-likeness (QED) is 0.884. The third-order valence-corrected chi connectivity index (χ3v) is 3.44. The normalized spacial score (nSPS) is 10.2. The third kappa shape index (κ3) is 4.36. The summed E-state index contributed by atoms with van der Waals surface area (Å²) >= 11 is 11.7. The van der Waals surface area contributed by atoms with E-state index >= 15 is 0 Å². The highest BCUT2D eigenvalue weighted by Gasteiger charge is 2.07. The van der Waals surface area contributed by atoms with E-state index < -0.39 is 0 Å². The van der Waals surface area contributed by atoms with Crippen molar-refractivity contribution in [1.29, 1.82) is 0 Å². The Balaban J connectivity index is 1.94. The summed E-state index contributed by atoms with van der Waals surface area (Å²) in [5.74, 6) is 0.144. The fourth-order valence-corrected chi connectivity index (χ4v) is 1.99. The second-order valence-electron chi connectivity index (χ2n) is 4.23. The fraction of sp³-hybridized carbons (Fsp3) is 0.133. The first kappa shape index (κ1) is 15.6. The number of ether oxygens (including phenoxy) is 1. The van der Waals surface area contributed by atoms with Gasteiger partial charge in [0.1, 0.15) is 5.75 Å². The first-order valence-electron chi connectivity index (χ1n) is 6.16. The van der Waals surface area contributed by atoms with Gasteiger partial charge in [-0.15, -0.1) is 0 Å². The Morgan fingerprint density at radius 2 is 1.90 bits per heavy atom. The minimum atomic E-state index is -0.332. The zero-order chi connectivity index (χ0) is 15.2. The molecule has 110 valence electrons. The van der Waals surface area contributed by atoms with Crippen LogP contribution in [0.5, 0.6) is 5.75 Å².